The minimum Gasteiger partial charge on any atom is -0.253 e. The molecule has 0 heterocycles. The molecule has 1 aromatic rings. The van der Waals surface area contributed by atoms with Crippen LogP contribution in [0.3, 0.4) is 0 Å². The lowest BCUT2D eigenvalue weighted by molar-refractivity contribution is -0.225. The maximum absolute atomic E-state index is 12.2. The van der Waals surface area contributed by atoms with Crippen LogP contribution in [0, 0.1) is 0 Å². The average Bonchev–Trinajstić information content (AvgIpc) is 2.14. The van der Waals surface area contributed by atoms with Crippen molar-refractivity contribution in [1.29, 1.82) is 0 Å². The lowest BCUT2D eigenvalue weighted by atomic mass is 10.4. The summed E-state index contributed by atoms with van der Waals surface area (Å²) in [5, 5.41) is -3.86. The fourth-order valence-electron chi connectivity index (χ4n) is 1.12. The Morgan fingerprint density at radius 3 is 1.65 bits per heavy atom. The molecule has 0 N–H and O–H groups in total. The monoisotopic (exact) mass is 276 g/mol. The molecule has 1 unspecified atom stereocenters. The predicted molar refractivity (Wildman–Crippen MR) is 48.7 cm³/mol. The topological polar surface area (TPSA) is 17.1 Å². The molecule has 0 spiro atoms. The molecule has 0 aliphatic carbocycles. The fourth-order valence-corrected chi connectivity index (χ4v) is 2.30. The maximum atomic E-state index is 12.2. The van der Waals surface area contributed by atoms with Crippen molar-refractivity contribution in [3.63, 3.8) is 0 Å². The van der Waals surface area contributed by atoms with Gasteiger partial charge in [-0.2, -0.15) is 26.3 Å². The number of hydrogen-bond donors (Lipinski definition) is 0. The SMILES string of the molecule is O=S(c1ccccc1)C(C(F)(F)F)C(F)(F)F. The summed E-state index contributed by atoms with van der Waals surface area (Å²) in [6.45, 7) is 0. The number of halogens is 6. The Hall–Kier alpha value is -1.05. The van der Waals surface area contributed by atoms with Crippen LogP contribution in [0.2, 0.25) is 0 Å². The van der Waals surface area contributed by atoms with Gasteiger partial charge in [-0.25, -0.2) is 0 Å². The molecule has 0 aliphatic rings. The molecule has 0 saturated carbocycles. The van der Waals surface area contributed by atoms with E-state index in [9.17, 15) is 30.6 Å². The normalized spacial score (nSPS) is 15.0. The molecule has 1 aromatic carbocycles. The van der Waals surface area contributed by atoms with E-state index in [0.717, 1.165) is 12.1 Å². The van der Waals surface area contributed by atoms with Gasteiger partial charge in [0.05, 0.1) is 10.8 Å². The van der Waals surface area contributed by atoms with Gasteiger partial charge in [0.2, 0.25) is 5.25 Å². The van der Waals surface area contributed by atoms with Crippen molar-refractivity contribution in [2.75, 3.05) is 0 Å². The van der Waals surface area contributed by atoms with Crippen LogP contribution in [-0.4, -0.2) is 21.8 Å². The predicted octanol–water partition coefficient (Wildman–Crippen LogP) is 3.29. The summed E-state index contributed by atoms with van der Waals surface area (Å²) in [5.41, 5.74) is 0. The van der Waals surface area contributed by atoms with Crippen LogP contribution in [-0.2, 0) is 10.8 Å². The summed E-state index contributed by atoms with van der Waals surface area (Å²) in [7, 11) is -3.21. The van der Waals surface area contributed by atoms with E-state index in [1.807, 2.05) is 0 Å². The molecule has 17 heavy (non-hydrogen) atoms. The van der Waals surface area contributed by atoms with Gasteiger partial charge >= 0.3 is 12.4 Å². The molecule has 0 aliphatic heterocycles. The second-order valence-electron chi connectivity index (χ2n) is 3.07. The zero-order valence-corrected chi connectivity index (χ0v) is 8.86. The molecule has 96 valence electrons. The van der Waals surface area contributed by atoms with Crippen LogP contribution in [0.5, 0.6) is 0 Å². The van der Waals surface area contributed by atoms with Crippen molar-refractivity contribution in [3.8, 4) is 0 Å². The zero-order chi connectivity index (χ0) is 13.3. The molecule has 8 heteroatoms. The van der Waals surface area contributed by atoms with E-state index in [1.54, 1.807) is 0 Å². The van der Waals surface area contributed by atoms with E-state index in [2.05, 4.69) is 0 Å². The second-order valence-corrected chi connectivity index (χ2v) is 4.61. The van der Waals surface area contributed by atoms with E-state index < -0.39 is 33.3 Å². The first kappa shape index (κ1) is 14.0. The molecule has 1 atom stereocenters. The van der Waals surface area contributed by atoms with E-state index in [4.69, 9.17) is 0 Å². The Morgan fingerprint density at radius 1 is 0.882 bits per heavy atom. The first-order valence-corrected chi connectivity index (χ1v) is 5.44. The summed E-state index contributed by atoms with van der Waals surface area (Å²) < 4.78 is 84.7. The summed E-state index contributed by atoms with van der Waals surface area (Å²) in [5.74, 6) is 0. The van der Waals surface area contributed by atoms with Gasteiger partial charge in [0.15, 0.2) is 0 Å². The Balaban J connectivity index is 3.14. The van der Waals surface area contributed by atoms with Crippen LogP contribution in [0.25, 0.3) is 0 Å². The van der Waals surface area contributed by atoms with Crippen molar-refractivity contribution < 1.29 is 30.6 Å². The first-order valence-electron chi connectivity index (χ1n) is 4.23. The summed E-state index contributed by atoms with van der Waals surface area (Å²) in [4.78, 5) is -0.507. The lowest BCUT2D eigenvalue weighted by Gasteiger charge is -2.22. The van der Waals surface area contributed by atoms with Crippen LogP contribution >= 0.6 is 0 Å². The molecule has 0 amide bonds. The highest BCUT2D eigenvalue weighted by atomic mass is 32.2. The van der Waals surface area contributed by atoms with Crippen molar-refractivity contribution in [1.82, 2.24) is 0 Å². The van der Waals surface area contributed by atoms with Crippen molar-refractivity contribution in [2.45, 2.75) is 22.5 Å². The molecule has 0 radical (unpaired) electrons. The maximum Gasteiger partial charge on any atom is 0.412 e. The standard InChI is InChI=1S/C9H6F6OS/c10-8(11,12)7(9(13,14)15)17(16)6-4-2-1-3-5-6/h1-5,7H. The number of alkyl halides is 6. The molecule has 0 fully saturated rings. The molecule has 1 rings (SSSR count). The number of rotatable bonds is 2. The number of hydrogen-bond acceptors (Lipinski definition) is 1. The van der Waals surface area contributed by atoms with Crippen LogP contribution in [0.4, 0.5) is 26.3 Å². The van der Waals surface area contributed by atoms with Gasteiger partial charge in [-0.15, -0.1) is 0 Å². The third-order valence-electron chi connectivity index (χ3n) is 1.78. The van der Waals surface area contributed by atoms with Gasteiger partial charge in [-0.05, 0) is 12.1 Å². The largest absolute Gasteiger partial charge is 0.412 e. The Bertz CT molecular complexity index is 382. The number of benzene rings is 1. The minimum absolute atomic E-state index is 0.507. The summed E-state index contributed by atoms with van der Waals surface area (Å²) >= 11 is 0. The van der Waals surface area contributed by atoms with Crippen LogP contribution in [0.1, 0.15) is 0 Å². The Labute approximate surface area is 94.9 Å². The molecule has 0 saturated heterocycles. The summed E-state index contributed by atoms with van der Waals surface area (Å²) in [6, 6.07) is 5.76. The third kappa shape index (κ3) is 3.45. The van der Waals surface area contributed by atoms with Crippen molar-refractivity contribution >= 4 is 10.8 Å². The summed E-state index contributed by atoms with van der Waals surface area (Å²) in [6.07, 6.45) is -11.2. The highest BCUT2D eigenvalue weighted by Crippen LogP contribution is 2.38. The molecule has 1 nitrogen and oxygen atoms in total. The minimum atomic E-state index is -5.60. The van der Waals surface area contributed by atoms with Crippen molar-refractivity contribution in [2.24, 2.45) is 0 Å². The van der Waals surface area contributed by atoms with E-state index in [1.165, 1.54) is 18.2 Å². The van der Waals surface area contributed by atoms with Gasteiger partial charge in [0.1, 0.15) is 0 Å². The van der Waals surface area contributed by atoms with Crippen LogP contribution in [0.15, 0.2) is 35.2 Å². The van der Waals surface area contributed by atoms with E-state index >= 15 is 0 Å². The lowest BCUT2D eigenvalue weighted by Crippen LogP contribution is -2.45. The molecule has 0 aromatic heterocycles. The molecule has 0 bridgehead atoms. The van der Waals surface area contributed by atoms with Gasteiger partial charge in [-0.1, -0.05) is 18.2 Å². The van der Waals surface area contributed by atoms with E-state index in [0.29, 0.717) is 0 Å². The first-order chi connectivity index (χ1) is 7.64. The average molecular weight is 276 g/mol. The second kappa shape index (κ2) is 4.67. The molecular formula is C9H6F6OS. The van der Waals surface area contributed by atoms with Gasteiger partial charge in [0.25, 0.3) is 0 Å². The van der Waals surface area contributed by atoms with Gasteiger partial charge < -0.3 is 0 Å². The van der Waals surface area contributed by atoms with Crippen LogP contribution < -0.4 is 0 Å². The smallest absolute Gasteiger partial charge is 0.253 e. The highest BCUT2D eigenvalue weighted by molar-refractivity contribution is 7.85. The molecular weight excluding hydrogens is 270 g/mol. The van der Waals surface area contributed by atoms with Gasteiger partial charge in [0, 0.05) is 4.90 Å². The van der Waals surface area contributed by atoms with Gasteiger partial charge in [-0.3, -0.25) is 4.21 Å². The Kier molecular flexibility index (Phi) is 3.85. The third-order valence-corrected chi connectivity index (χ3v) is 3.48. The quantitative estimate of drug-likeness (QED) is 0.757. The zero-order valence-electron chi connectivity index (χ0n) is 8.05. The fraction of sp³-hybridized carbons (Fsp3) is 0.333. The highest BCUT2D eigenvalue weighted by Gasteiger charge is 2.60. The van der Waals surface area contributed by atoms with Crippen molar-refractivity contribution in [3.05, 3.63) is 30.3 Å². The Morgan fingerprint density at radius 2 is 1.29 bits per heavy atom. The van der Waals surface area contributed by atoms with E-state index in [-0.39, 0.29) is 0 Å².